The highest BCUT2D eigenvalue weighted by atomic mass is 16.5. The van der Waals surface area contributed by atoms with E-state index in [1.165, 1.54) is 0 Å². The summed E-state index contributed by atoms with van der Waals surface area (Å²) >= 11 is 0. The van der Waals surface area contributed by atoms with Crippen LogP contribution in [0.2, 0.25) is 0 Å². The molecule has 102 valence electrons. The van der Waals surface area contributed by atoms with Crippen molar-refractivity contribution in [3.05, 3.63) is 17.5 Å². The van der Waals surface area contributed by atoms with Crippen LogP contribution in [-0.4, -0.2) is 32.7 Å². The fraction of sp³-hybridized carbons (Fsp3) is 0.786. The molecule has 4 nitrogen and oxygen atoms in total. The van der Waals surface area contributed by atoms with Crippen LogP contribution in [-0.2, 0) is 24.6 Å². The van der Waals surface area contributed by atoms with Crippen LogP contribution in [0.4, 0.5) is 0 Å². The van der Waals surface area contributed by atoms with Gasteiger partial charge >= 0.3 is 0 Å². The van der Waals surface area contributed by atoms with Crippen molar-refractivity contribution in [3.8, 4) is 0 Å². The summed E-state index contributed by atoms with van der Waals surface area (Å²) < 4.78 is 7.56. The largest absolute Gasteiger partial charge is 0.389 e. The van der Waals surface area contributed by atoms with E-state index in [2.05, 4.69) is 18.1 Å². The molecule has 1 aliphatic rings. The summed E-state index contributed by atoms with van der Waals surface area (Å²) in [5.74, 6) is 0. The number of hydrogen-bond donors (Lipinski definition) is 1. The van der Waals surface area contributed by atoms with Crippen molar-refractivity contribution in [2.75, 3.05) is 6.61 Å². The molecule has 1 saturated heterocycles. The fourth-order valence-corrected chi connectivity index (χ4v) is 2.85. The Labute approximate surface area is 109 Å². The maximum absolute atomic E-state index is 10.7. The average molecular weight is 252 g/mol. The molecule has 1 aromatic rings. The molecule has 18 heavy (non-hydrogen) atoms. The Kier molecular flexibility index (Phi) is 3.52. The summed E-state index contributed by atoms with van der Waals surface area (Å²) in [5.41, 5.74) is 1.29. The summed E-state index contributed by atoms with van der Waals surface area (Å²) in [6.07, 6.45) is 2.96. The number of aryl methyl sites for hydroxylation is 2. The van der Waals surface area contributed by atoms with Crippen LogP contribution in [0.25, 0.3) is 0 Å². The van der Waals surface area contributed by atoms with Gasteiger partial charge in [-0.15, -0.1) is 0 Å². The van der Waals surface area contributed by atoms with Gasteiger partial charge in [0.1, 0.15) is 0 Å². The van der Waals surface area contributed by atoms with Crippen LogP contribution in [0.5, 0.6) is 0 Å². The predicted molar refractivity (Wildman–Crippen MR) is 70.5 cm³/mol. The number of aromatic nitrogens is 2. The first-order chi connectivity index (χ1) is 8.34. The molecule has 1 aliphatic heterocycles. The topological polar surface area (TPSA) is 47.3 Å². The lowest BCUT2D eigenvalue weighted by Crippen LogP contribution is -2.47. The number of aliphatic hydroxyl groups is 1. The molecule has 0 amide bonds. The Balaban J connectivity index is 2.14. The summed E-state index contributed by atoms with van der Waals surface area (Å²) in [5, 5.41) is 15.2. The first-order valence-corrected chi connectivity index (χ1v) is 6.72. The van der Waals surface area contributed by atoms with Gasteiger partial charge in [-0.25, -0.2) is 0 Å². The number of rotatable bonds is 3. The minimum Gasteiger partial charge on any atom is -0.389 e. The minimum absolute atomic E-state index is 0.237. The van der Waals surface area contributed by atoms with Crippen LogP contribution in [0, 0.1) is 0 Å². The Bertz CT molecular complexity index is 425. The number of nitrogens with zero attached hydrogens (tertiary/aromatic N) is 2. The van der Waals surface area contributed by atoms with Gasteiger partial charge in [-0.1, -0.05) is 6.92 Å². The number of hydrogen-bond acceptors (Lipinski definition) is 3. The molecule has 0 bridgehead atoms. The van der Waals surface area contributed by atoms with Crippen LogP contribution < -0.4 is 0 Å². The lowest BCUT2D eigenvalue weighted by Gasteiger charge is -2.41. The standard InChI is InChI=1S/C14H24N2O2/c1-5-11-8-12(16(4)15-11)9-14(17)6-7-18-13(2,3)10-14/h8,17H,5-7,9-10H2,1-4H3. The second kappa shape index (κ2) is 4.67. The minimum atomic E-state index is -0.666. The van der Waals surface area contributed by atoms with Crippen LogP contribution in [0.3, 0.4) is 0 Å². The molecule has 1 atom stereocenters. The third-order valence-corrected chi connectivity index (χ3v) is 3.71. The molecular weight excluding hydrogens is 228 g/mol. The third-order valence-electron chi connectivity index (χ3n) is 3.71. The van der Waals surface area contributed by atoms with Gasteiger partial charge in [0.15, 0.2) is 0 Å². The van der Waals surface area contributed by atoms with E-state index in [0.29, 0.717) is 25.9 Å². The molecule has 0 aromatic carbocycles. The van der Waals surface area contributed by atoms with E-state index in [1.807, 2.05) is 25.6 Å². The molecule has 1 fully saturated rings. The van der Waals surface area contributed by atoms with E-state index in [4.69, 9.17) is 4.74 Å². The molecule has 2 heterocycles. The van der Waals surface area contributed by atoms with E-state index < -0.39 is 5.60 Å². The predicted octanol–water partition coefficient (Wildman–Crippen LogP) is 1.85. The molecule has 0 saturated carbocycles. The average Bonchev–Trinajstić information content (AvgIpc) is 2.57. The maximum Gasteiger partial charge on any atom is 0.0752 e. The second-order valence-corrected chi connectivity index (χ2v) is 6.04. The van der Waals surface area contributed by atoms with Gasteiger partial charge in [-0.2, -0.15) is 5.10 Å². The van der Waals surface area contributed by atoms with Crippen molar-refractivity contribution in [3.63, 3.8) is 0 Å². The zero-order chi connectivity index (χ0) is 13.4. The molecule has 4 heteroatoms. The van der Waals surface area contributed by atoms with Gasteiger partial charge in [-0.05, 0) is 32.8 Å². The quantitative estimate of drug-likeness (QED) is 0.893. The normalized spacial score (nSPS) is 27.4. The van der Waals surface area contributed by atoms with Crippen molar-refractivity contribution >= 4 is 0 Å². The van der Waals surface area contributed by atoms with Gasteiger partial charge < -0.3 is 9.84 Å². The van der Waals surface area contributed by atoms with E-state index in [-0.39, 0.29) is 5.60 Å². The highest BCUT2D eigenvalue weighted by Gasteiger charge is 2.39. The molecule has 0 spiro atoms. The zero-order valence-electron chi connectivity index (χ0n) is 11.9. The number of ether oxygens (including phenoxy) is 1. The molecule has 1 N–H and O–H groups in total. The lowest BCUT2D eigenvalue weighted by atomic mass is 9.81. The highest BCUT2D eigenvalue weighted by Crippen LogP contribution is 2.34. The maximum atomic E-state index is 10.7. The van der Waals surface area contributed by atoms with Gasteiger partial charge in [0.05, 0.1) is 23.5 Å². The molecule has 2 rings (SSSR count). The van der Waals surface area contributed by atoms with E-state index >= 15 is 0 Å². The van der Waals surface area contributed by atoms with Gasteiger partial charge in [0.25, 0.3) is 0 Å². The van der Waals surface area contributed by atoms with E-state index in [9.17, 15) is 5.11 Å². The Morgan fingerprint density at radius 1 is 1.50 bits per heavy atom. The van der Waals surface area contributed by atoms with Crippen LogP contribution in [0.15, 0.2) is 6.07 Å². The smallest absolute Gasteiger partial charge is 0.0752 e. The van der Waals surface area contributed by atoms with E-state index in [0.717, 1.165) is 17.8 Å². The first kappa shape index (κ1) is 13.6. The summed E-state index contributed by atoms with van der Waals surface area (Å²) in [6.45, 7) is 6.80. The van der Waals surface area contributed by atoms with Crippen LogP contribution >= 0.6 is 0 Å². The van der Waals surface area contributed by atoms with Crippen molar-refractivity contribution in [1.82, 2.24) is 9.78 Å². The highest BCUT2D eigenvalue weighted by molar-refractivity contribution is 5.13. The van der Waals surface area contributed by atoms with Gasteiger partial charge in [0, 0.05) is 25.6 Å². The molecule has 1 aromatic heterocycles. The Morgan fingerprint density at radius 2 is 2.22 bits per heavy atom. The Morgan fingerprint density at radius 3 is 2.78 bits per heavy atom. The SMILES string of the molecule is CCc1cc(CC2(O)CCOC(C)(C)C2)n(C)n1. The van der Waals surface area contributed by atoms with Crippen LogP contribution in [0.1, 0.15) is 45.0 Å². The van der Waals surface area contributed by atoms with E-state index in [1.54, 1.807) is 0 Å². The van der Waals surface area contributed by atoms with Gasteiger partial charge in [0.2, 0.25) is 0 Å². The summed E-state index contributed by atoms with van der Waals surface area (Å²) in [6, 6.07) is 2.10. The Hall–Kier alpha value is -0.870. The summed E-state index contributed by atoms with van der Waals surface area (Å²) in [7, 11) is 1.95. The summed E-state index contributed by atoms with van der Waals surface area (Å²) in [4.78, 5) is 0. The van der Waals surface area contributed by atoms with Gasteiger partial charge in [-0.3, -0.25) is 4.68 Å². The third kappa shape index (κ3) is 2.93. The monoisotopic (exact) mass is 252 g/mol. The first-order valence-electron chi connectivity index (χ1n) is 6.72. The molecule has 1 unspecified atom stereocenters. The van der Waals surface area contributed by atoms with Crippen molar-refractivity contribution in [1.29, 1.82) is 0 Å². The fourth-order valence-electron chi connectivity index (χ4n) is 2.85. The zero-order valence-corrected chi connectivity index (χ0v) is 11.9. The lowest BCUT2D eigenvalue weighted by molar-refractivity contribution is -0.143. The molecule has 0 aliphatic carbocycles. The second-order valence-electron chi connectivity index (χ2n) is 6.04. The van der Waals surface area contributed by atoms with Crippen molar-refractivity contribution in [2.45, 2.75) is 57.7 Å². The van der Waals surface area contributed by atoms with Crippen molar-refractivity contribution < 1.29 is 9.84 Å². The molecular formula is C14H24N2O2. The van der Waals surface area contributed by atoms with Crippen molar-refractivity contribution in [2.24, 2.45) is 7.05 Å². The molecule has 0 radical (unpaired) electrons.